The number of likely N-dealkylation sites (N-methyl/N-ethyl adjacent to an activating group) is 1. The van der Waals surface area contributed by atoms with E-state index in [1.54, 1.807) is 11.8 Å². The highest BCUT2D eigenvalue weighted by Gasteiger charge is 2.05. The molecule has 1 N–H and O–H groups in total. The lowest BCUT2D eigenvalue weighted by Gasteiger charge is -2.23. The molecule has 3 nitrogen and oxygen atoms in total. The molecule has 0 heterocycles. The first-order valence-corrected chi connectivity index (χ1v) is 10.2. The number of rotatable bonds is 10. The summed E-state index contributed by atoms with van der Waals surface area (Å²) in [5.41, 5.74) is 3.65. The van der Waals surface area contributed by atoms with Crippen molar-refractivity contribution < 1.29 is 4.79 Å². The van der Waals surface area contributed by atoms with Crippen molar-refractivity contribution in [2.24, 2.45) is 0 Å². The summed E-state index contributed by atoms with van der Waals surface area (Å²) in [7, 11) is 0. The molecule has 0 saturated heterocycles. The minimum atomic E-state index is 0.117. The van der Waals surface area contributed by atoms with E-state index in [1.165, 1.54) is 16.8 Å². The molecule has 2 rings (SSSR count). The first-order chi connectivity index (χ1) is 12.7. The van der Waals surface area contributed by atoms with Gasteiger partial charge in [0.15, 0.2) is 0 Å². The summed E-state index contributed by atoms with van der Waals surface area (Å²) in [5.74, 6) is 0.913. The number of amides is 1. The quantitative estimate of drug-likeness (QED) is 0.615. The van der Waals surface area contributed by atoms with E-state index >= 15 is 0 Å². The summed E-state index contributed by atoms with van der Waals surface area (Å²) < 4.78 is 0. The number of carbonyl (C=O) groups excluding carboxylic acids is 1. The second-order valence-corrected chi connectivity index (χ2v) is 7.12. The average molecular weight is 369 g/mol. The van der Waals surface area contributed by atoms with Crippen molar-refractivity contribution in [3.8, 4) is 0 Å². The smallest absolute Gasteiger partial charge is 0.220 e. The van der Waals surface area contributed by atoms with Gasteiger partial charge in [0, 0.05) is 37.5 Å². The van der Waals surface area contributed by atoms with Crippen LogP contribution in [-0.4, -0.2) is 31.3 Å². The third-order valence-corrected chi connectivity index (χ3v) is 4.82. The van der Waals surface area contributed by atoms with Gasteiger partial charge >= 0.3 is 0 Å². The topological polar surface area (TPSA) is 32.3 Å². The Morgan fingerprint density at radius 2 is 1.96 bits per heavy atom. The van der Waals surface area contributed by atoms with Gasteiger partial charge in [-0.15, -0.1) is 11.8 Å². The van der Waals surface area contributed by atoms with E-state index in [0.717, 1.165) is 18.8 Å². The van der Waals surface area contributed by atoms with Gasteiger partial charge in [0.2, 0.25) is 5.91 Å². The third-order valence-electron chi connectivity index (χ3n) is 4.06. The Balaban J connectivity index is 1.63. The van der Waals surface area contributed by atoms with Crippen molar-refractivity contribution in [2.45, 2.75) is 20.3 Å². The number of hydrogen-bond acceptors (Lipinski definition) is 3. The number of nitrogens with one attached hydrogen (secondary N) is 1. The van der Waals surface area contributed by atoms with Crippen LogP contribution in [0.25, 0.3) is 6.08 Å². The normalized spacial score (nSPS) is 10.8. The van der Waals surface area contributed by atoms with E-state index < -0.39 is 0 Å². The molecule has 0 aliphatic rings. The fourth-order valence-electron chi connectivity index (χ4n) is 2.62. The van der Waals surface area contributed by atoms with E-state index in [4.69, 9.17) is 0 Å². The molecule has 0 aliphatic carbocycles. The zero-order valence-electron chi connectivity index (χ0n) is 15.7. The highest BCUT2D eigenvalue weighted by Crippen LogP contribution is 2.15. The van der Waals surface area contributed by atoms with Crippen LogP contribution in [0.1, 0.15) is 24.5 Å². The molecule has 0 fully saturated rings. The van der Waals surface area contributed by atoms with E-state index in [2.05, 4.69) is 71.9 Å². The number of aryl methyl sites for hydroxylation is 1. The third kappa shape index (κ3) is 7.36. The van der Waals surface area contributed by atoms with Gasteiger partial charge in [-0.25, -0.2) is 0 Å². The molecule has 0 spiro atoms. The van der Waals surface area contributed by atoms with Gasteiger partial charge in [-0.3, -0.25) is 4.79 Å². The number of benzene rings is 2. The van der Waals surface area contributed by atoms with Crippen LogP contribution in [0.3, 0.4) is 0 Å². The molecule has 0 aromatic heterocycles. The van der Waals surface area contributed by atoms with Crippen LogP contribution in [0.5, 0.6) is 0 Å². The Kier molecular flexibility index (Phi) is 8.84. The van der Waals surface area contributed by atoms with Crippen LogP contribution in [0.15, 0.2) is 60.0 Å². The first kappa shape index (κ1) is 20.1. The van der Waals surface area contributed by atoms with Gasteiger partial charge < -0.3 is 10.2 Å². The molecule has 1 amide bonds. The first-order valence-electron chi connectivity index (χ1n) is 9.10. The van der Waals surface area contributed by atoms with Crippen molar-refractivity contribution in [1.29, 1.82) is 0 Å². The molecule has 138 valence electrons. The monoisotopic (exact) mass is 368 g/mol. The number of nitrogens with zero attached hydrogens (tertiary/aromatic N) is 1. The minimum Gasteiger partial charge on any atom is -0.370 e. The highest BCUT2D eigenvalue weighted by atomic mass is 32.2. The zero-order valence-corrected chi connectivity index (χ0v) is 16.5. The maximum atomic E-state index is 12.0. The second kappa shape index (κ2) is 11.4. The molecule has 0 bridgehead atoms. The summed E-state index contributed by atoms with van der Waals surface area (Å²) in [6.45, 7) is 6.67. The predicted octanol–water partition coefficient (Wildman–Crippen LogP) is 4.73. The van der Waals surface area contributed by atoms with Crippen LogP contribution in [-0.2, 0) is 4.79 Å². The van der Waals surface area contributed by atoms with Crippen molar-refractivity contribution in [2.75, 3.05) is 30.3 Å². The van der Waals surface area contributed by atoms with E-state index in [9.17, 15) is 4.79 Å². The van der Waals surface area contributed by atoms with Crippen LogP contribution >= 0.6 is 11.8 Å². The second-order valence-electron chi connectivity index (χ2n) is 6.10. The molecule has 2 aromatic carbocycles. The lowest BCUT2D eigenvalue weighted by Crippen LogP contribution is -2.35. The molecular formula is C22H28N2OS. The molecule has 0 unspecified atom stereocenters. The van der Waals surface area contributed by atoms with Crippen LogP contribution in [0.4, 0.5) is 5.69 Å². The largest absolute Gasteiger partial charge is 0.370 e. The van der Waals surface area contributed by atoms with Crippen LogP contribution in [0.2, 0.25) is 0 Å². The lowest BCUT2D eigenvalue weighted by molar-refractivity contribution is -0.120. The molecule has 0 saturated carbocycles. The summed E-state index contributed by atoms with van der Waals surface area (Å²) in [6, 6.07) is 18.7. The molecule has 0 aliphatic heterocycles. The molecule has 26 heavy (non-hydrogen) atoms. The Morgan fingerprint density at radius 3 is 2.69 bits per heavy atom. The number of anilines is 1. The van der Waals surface area contributed by atoms with Crippen LogP contribution in [0, 0.1) is 6.92 Å². The van der Waals surface area contributed by atoms with Crippen molar-refractivity contribution >= 4 is 29.4 Å². The Morgan fingerprint density at radius 1 is 1.15 bits per heavy atom. The lowest BCUT2D eigenvalue weighted by atomic mass is 10.2. The molecule has 0 atom stereocenters. The van der Waals surface area contributed by atoms with E-state index in [1.807, 2.05) is 18.2 Å². The summed E-state index contributed by atoms with van der Waals surface area (Å²) in [6.07, 6.45) is 2.61. The predicted molar refractivity (Wildman–Crippen MR) is 115 cm³/mol. The number of hydrogen-bond donors (Lipinski definition) is 1. The number of carbonyl (C=O) groups is 1. The van der Waals surface area contributed by atoms with Crippen molar-refractivity contribution in [3.05, 3.63) is 71.1 Å². The maximum absolute atomic E-state index is 12.0. The SMILES string of the molecule is CCN(CCNC(=O)CCS/C=C/c1ccccc1)c1cccc(C)c1. The fraction of sp³-hybridized carbons (Fsp3) is 0.318. The summed E-state index contributed by atoms with van der Waals surface area (Å²) >= 11 is 1.67. The molecular weight excluding hydrogens is 340 g/mol. The van der Waals surface area contributed by atoms with Crippen molar-refractivity contribution in [3.63, 3.8) is 0 Å². The van der Waals surface area contributed by atoms with Gasteiger partial charge in [-0.05, 0) is 48.6 Å². The van der Waals surface area contributed by atoms with Gasteiger partial charge in [0.25, 0.3) is 0 Å². The Bertz CT molecular complexity index is 700. The number of thioether (sulfide) groups is 1. The summed E-state index contributed by atoms with van der Waals surface area (Å²) in [4.78, 5) is 14.3. The van der Waals surface area contributed by atoms with Gasteiger partial charge in [-0.1, -0.05) is 42.5 Å². The van der Waals surface area contributed by atoms with E-state index in [0.29, 0.717) is 13.0 Å². The molecule has 2 aromatic rings. The minimum absolute atomic E-state index is 0.117. The highest BCUT2D eigenvalue weighted by molar-refractivity contribution is 8.02. The van der Waals surface area contributed by atoms with Crippen molar-refractivity contribution in [1.82, 2.24) is 5.32 Å². The maximum Gasteiger partial charge on any atom is 0.220 e. The van der Waals surface area contributed by atoms with Crippen LogP contribution < -0.4 is 10.2 Å². The zero-order chi connectivity index (χ0) is 18.6. The van der Waals surface area contributed by atoms with Gasteiger partial charge in [-0.2, -0.15) is 0 Å². The molecule has 4 heteroatoms. The Labute approximate surface area is 161 Å². The molecule has 0 radical (unpaired) electrons. The van der Waals surface area contributed by atoms with Gasteiger partial charge in [0.1, 0.15) is 0 Å². The van der Waals surface area contributed by atoms with Gasteiger partial charge in [0.05, 0.1) is 0 Å². The summed E-state index contributed by atoms with van der Waals surface area (Å²) in [5, 5.41) is 5.08. The average Bonchev–Trinajstić information content (AvgIpc) is 2.66. The Hall–Kier alpha value is -2.20. The standard InChI is InChI=1S/C22H28N2OS/c1-3-24(21-11-7-8-19(2)18-21)15-14-23-22(25)13-17-26-16-12-20-9-5-4-6-10-20/h4-12,16,18H,3,13-15,17H2,1-2H3,(H,23,25)/b16-12+. The fourth-order valence-corrected chi connectivity index (χ4v) is 3.32. The van der Waals surface area contributed by atoms with E-state index in [-0.39, 0.29) is 5.91 Å².